The van der Waals surface area contributed by atoms with E-state index in [1.165, 1.54) is 37.0 Å². The number of amides is 1. The highest BCUT2D eigenvalue weighted by molar-refractivity contribution is 7.91. The van der Waals surface area contributed by atoms with Crippen LogP contribution in [0.3, 0.4) is 0 Å². The van der Waals surface area contributed by atoms with Gasteiger partial charge in [0.2, 0.25) is 11.7 Å². The van der Waals surface area contributed by atoms with Crippen LogP contribution in [0.4, 0.5) is 0 Å². The second-order valence-corrected chi connectivity index (χ2v) is 10.00. The van der Waals surface area contributed by atoms with E-state index in [-0.39, 0.29) is 19.0 Å². The van der Waals surface area contributed by atoms with E-state index in [1.54, 1.807) is 29.6 Å². The van der Waals surface area contributed by atoms with Crippen molar-refractivity contribution in [1.29, 1.82) is 0 Å². The fraction of sp³-hybridized carbons (Fsp3) is 0.450. The fourth-order valence-electron chi connectivity index (χ4n) is 3.48. The third kappa shape index (κ3) is 4.71. The Balaban J connectivity index is 1.66. The molecular formula is C20H26N2O6S2. The maximum atomic E-state index is 12.8. The quantitative estimate of drug-likeness (QED) is 0.659. The van der Waals surface area contributed by atoms with Crippen LogP contribution in [0.25, 0.3) is 0 Å². The van der Waals surface area contributed by atoms with Crippen molar-refractivity contribution in [2.75, 3.05) is 34.4 Å². The average molecular weight is 455 g/mol. The van der Waals surface area contributed by atoms with E-state index in [0.717, 1.165) is 5.56 Å². The van der Waals surface area contributed by atoms with Crippen molar-refractivity contribution in [3.05, 3.63) is 35.2 Å². The number of benzene rings is 1. The van der Waals surface area contributed by atoms with Crippen molar-refractivity contribution >= 4 is 27.3 Å². The van der Waals surface area contributed by atoms with Gasteiger partial charge in [0, 0.05) is 19.6 Å². The maximum absolute atomic E-state index is 12.8. The Labute approximate surface area is 180 Å². The predicted molar refractivity (Wildman–Crippen MR) is 114 cm³/mol. The van der Waals surface area contributed by atoms with Gasteiger partial charge in [-0.2, -0.15) is 4.31 Å². The number of nitrogens with zero attached hydrogens (tertiary/aromatic N) is 1. The zero-order valence-electron chi connectivity index (χ0n) is 17.2. The molecule has 2 aromatic rings. The normalized spacial score (nSPS) is 17.4. The molecule has 164 valence electrons. The van der Waals surface area contributed by atoms with E-state index in [9.17, 15) is 13.2 Å². The number of sulfonamides is 1. The summed E-state index contributed by atoms with van der Waals surface area (Å²) < 4.78 is 43.2. The monoisotopic (exact) mass is 454 g/mol. The van der Waals surface area contributed by atoms with E-state index < -0.39 is 15.9 Å². The molecule has 0 spiro atoms. The maximum Gasteiger partial charge on any atom is 0.252 e. The number of hydrogen-bond acceptors (Lipinski definition) is 7. The Morgan fingerprint density at radius 1 is 1.20 bits per heavy atom. The molecule has 0 bridgehead atoms. The van der Waals surface area contributed by atoms with Gasteiger partial charge in [0.1, 0.15) is 4.21 Å². The van der Waals surface area contributed by atoms with Crippen LogP contribution in [0, 0.1) is 5.92 Å². The lowest BCUT2D eigenvalue weighted by molar-refractivity contribution is -0.126. The Kier molecular flexibility index (Phi) is 7.22. The van der Waals surface area contributed by atoms with Crippen LogP contribution in [-0.4, -0.2) is 53.0 Å². The first kappa shape index (κ1) is 22.4. The molecule has 1 unspecified atom stereocenters. The lowest BCUT2D eigenvalue weighted by Crippen LogP contribution is -2.45. The fourth-order valence-corrected chi connectivity index (χ4v) is 6.15. The number of ether oxygens (including phenoxy) is 3. The van der Waals surface area contributed by atoms with Gasteiger partial charge in [-0.3, -0.25) is 4.79 Å². The van der Waals surface area contributed by atoms with E-state index in [0.29, 0.717) is 40.8 Å². The van der Waals surface area contributed by atoms with E-state index in [1.807, 2.05) is 0 Å². The number of carbonyl (C=O) groups excluding carboxylic acids is 1. The minimum Gasteiger partial charge on any atom is -0.493 e. The summed E-state index contributed by atoms with van der Waals surface area (Å²) in [7, 11) is 1.04. The molecule has 1 N–H and O–H groups in total. The molecule has 10 heteroatoms. The third-order valence-electron chi connectivity index (χ3n) is 5.04. The van der Waals surface area contributed by atoms with Crippen LogP contribution < -0.4 is 19.5 Å². The van der Waals surface area contributed by atoms with Gasteiger partial charge in [0.15, 0.2) is 11.5 Å². The number of thiophene rings is 1. The smallest absolute Gasteiger partial charge is 0.252 e. The van der Waals surface area contributed by atoms with Gasteiger partial charge in [-0.25, -0.2) is 8.42 Å². The Hall–Kier alpha value is -2.30. The molecule has 1 aliphatic rings. The zero-order chi connectivity index (χ0) is 21.7. The molecule has 1 saturated heterocycles. The molecule has 0 radical (unpaired) electrons. The Morgan fingerprint density at radius 2 is 1.90 bits per heavy atom. The summed E-state index contributed by atoms with van der Waals surface area (Å²) in [5.41, 5.74) is 0.789. The highest BCUT2D eigenvalue weighted by atomic mass is 32.2. The topological polar surface area (TPSA) is 94.2 Å². The standard InChI is InChI=1S/C20H26N2O6S2/c1-26-16-10-14(11-17(27-2)19(16)28-3)12-21-20(23)15-6-4-8-22(13-15)30(24,25)18-7-5-9-29-18/h5,7,9-11,15H,4,6,8,12-13H2,1-3H3,(H,21,23). The van der Waals surface area contributed by atoms with Crippen LogP contribution in [0.15, 0.2) is 33.9 Å². The number of methoxy groups -OCH3 is 3. The van der Waals surface area contributed by atoms with Gasteiger partial charge in [-0.15, -0.1) is 11.3 Å². The van der Waals surface area contributed by atoms with E-state index >= 15 is 0 Å². The van der Waals surface area contributed by atoms with Crippen LogP contribution in [-0.2, 0) is 21.4 Å². The van der Waals surface area contributed by atoms with Crippen LogP contribution >= 0.6 is 11.3 Å². The summed E-state index contributed by atoms with van der Waals surface area (Å²) in [4.78, 5) is 12.7. The van der Waals surface area contributed by atoms with Gasteiger partial charge >= 0.3 is 0 Å². The van der Waals surface area contributed by atoms with Gasteiger partial charge in [0.25, 0.3) is 10.0 Å². The first-order valence-corrected chi connectivity index (χ1v) is 11.8. The minimum atomic E-state index is -3.55. The van der Waals surface area contributed by atoms with Gasteiger partial charge < -0.3 is 19.5 Å². The summed E-state index contributed by atoms with van der Waals surface area (Å²) in [6, 6.07) is 6.85. The minimum absolute atomic E-state index is 0.171. The summed E-state index contributed by atoms with van der Waals surface area (Å²) in [5, 5.41) is 4.64. The lowest BCUT2D eigenvalue weighted by atomic mass is 9.98. The highest BCUT2D eigenvalue weighted by Crippen LogP contribution is 2.38. The number of hydrogen-bond donors (Lipinski definition) is 1. The number of carbonyl (C=O) groups is 1. The van der Waals surface area contributed by atoms with E-state index in [4.69, 9.17) is 14.2 Å². The summed E-state index contributed by atoms with van der Waals surface area (Å²) in [5.74, 6) is 0.932. The van der Waals surface area contributed by atoms with Crippen molar-refractivity contribution < 1.29 is 27.4 Å². The SMILES string of the molecule is COc1cc(CNC(=O)C2CCCN(S(=O)(=O)c3cccs3)C2)cc(OC)c1OC. The molecule has 30 heavy (non-hydrogen) atoms. The molecule has 1 atom stereocenters. The average Bonchev–Trinajstić information content (AvgIpc) is 3.32. The summed E-state index contributed by atoms with van der Waals surface area (Å²) in [6.07, 6.45) is 1.30. The number of piperidine rings is 1. The van der Waals surface area contributed by atoms with Gasteiger partial charge in [-0.05, 0) is 42.0 Å². The summed E-state index contributed by atoms with van der Waals surface area (Å²) in [6.45, 7) is 0.877. The number of nitrogens with one attached hydrogen (secondary N) is 1. The molecule has 0 saturated carbocycles. The second-order valence-electron chi connectivity index (χ2n) is 6.89. The van der Waals surface area contributed by atoms with Gasteiger partial charge in [0.05, 0.1) is 27.2 Å². The Morgan fingerprint density at radius 3 is 2.47 bits per heavy atom. The molecule has 2 heterocycles. The predicted octanol–water partition coefficient (Wildman–Crippen LogP) is 2.49. The molecule has 0 aliphatic carbocycles. The highest BCUT2D eigenvalue weighted by Gasteiger charge is 2.33. The molecule has 1 aromatic heterocycles. The Bertz CT molecular complexity index is 950. The van der Waals surface area contributed by atoms with Crippen molar-refractivity contribution in [3.63, 3.8) is 0 Å². The molecule has 3 rings (SSSR count). The molecular weight excluding hydrogens is 428 g/mol. The largest absolute Gasteiger partial charge is 0.493 e. The van der Waals surface area contributed by atoms with Crippen molar-refractivity contribution in [3.8, 4) is 17.2 Å². The van der Waals surface area contributed by atoms with Crippen LogP contribution in [0.2, 0.25) is 0 Å². The molecule has 8 nitrogen and oxygen atoms in total. The lowest BCUT2D eigenvalue weighted by Gasteiger charge is -2.30. The second kappa shape index (κ2) is 9.67. The molecule has 1 aromatic carbocycles. The van der Waals surface area contributed by atoms with Crippen LogP contribution in [0.5, 0.6) is 17.2 Å². The molecule has 1 fully saturated rings. The number of rotatable bonds is 8. The van der Waals surface area contributed by atoms with Gasteiger partial charge in [-0.1, -0.05) is 6.07 Å². The summed E-state index contributed by atoms with van der Waals surface area (Å²) >= 11 is 1.19. The van der Waals surface area contributed by atoms with Crippen molar-refractivity contribution in [2.24, 2.45) is 5.92 Å². The molecule has 1 amide bonds. The van der Waals surface area contributed by atoms with Crippen molar-refractivity contribution in [1.82, 2.24) is 9.62 Å². The van der Waals surface area contributed by atoms with Crippen LogP contribution in [0.1, 0.15) is 18.4 Å². The first-order chi connectivity index (χ1) is 14.4. The first-order valence-electron chi connectivity index (χ1n) is 9.51. The van der Waals surface area contributed by atoms with E-state index in [2.05, 4.69) is 5.32 Å². The van der Waals surface area contributed by atoms with Crippen molar-refractivity contribution in [2.45, 2.75) is 23.6 Å². The zero-order valence-corrected chi connectivity index (χ0v) is 18.8. The molecule has 1 aliphatic heterocycles. The third-order valence-corrected chi connectivity index (χ3v) is 8.27.